The van der Waals surface area contributed by atoms with Crippen LogP contribution in [0.5, 0.6) is 0 Å². The van der Waals surface area contributed by atoms with Crippen molar-refractivity contribution in [3.05, 3.63) is 40.4 Å². The molecule has 19 heavy (non-hydrogen) atoms. The largest absolute Gasteiger partial charge is 0.318 e. The molecule has 2 aromatic rings. The summed E-state index contributed by atoms with van der Waals surface area (Å²) in [6.07, 6.45) is 3.39. The molecule has 2 rings (SSSR count). The molecule has 0 spiro atoms. The van der Waals surface area contributed by atoms with Crippen molar-refractivity contribution in [1.29, 1.82) is 0 Å². The van der Waals surface area contributed by atoms with Crippen LogP contribution in [0.4, 0.5) is 5.69 Å². The van der Waals surface area contributed by atoms with Crippen molar-refractivity contribution in [3.8, 4) is 0 Å². The molecule has 0 atom stereocenters. The van der Waals surface area contributed by atoms with Crippen LogP contribution in [0.15, 0.2) is 29.0 Å². The van der Waals surface area contributed by atoms with Gasteiger partial charge in [-0.25, -0.2) is 4.98 Å². The van der Waals surface area contributed by atoms with E-state index in [0.29, 0.717) is 10.2 Å². The molecule has 0 saturated carbocycles. The van der Waals surface area contributed by atoms with Gasteiger partial charge >= 0.3 is 0 Å². The van der Waals surface area contributed by atoms with Gasteiger partial charge in [0, 0.05) is 23.9 Å². The number of nitrogens with one attached hydrogen (secondary N) is 1. The van der Waals surface area contributed by atoms with Gasteiger partial charge in [0.25, 0.3) is 5.91 Å². The van der Waals surface area contributed by atoms with E-state index in [1.165, 1.54) is 0 Å². The minimum absolute atomic E-state index is 0.240. The third-order valence-electron chi connectivity index (χ3n) is 2.63. The molecule has 0 aliphatic carbocycles. The van der Waals surface area contributed by atoms with Crippen LogP contribution < -0.4 is 5.32 Å². The van der Waals surface area contributed by atoms with Crippen molar-refractivity contribution in [2.45, 2.75) is 19.8 Å². The number of rotatable bonds is 3. The molecule has 100 valence electrons. The fourth-order valence-corrected chi connectivity index (χ4v) is 2.20. The van der Waals surface area contributed by atoms with E-state index >= 15 is 0 Å². The lowest BCUT2D eigenvalue weighted by Crippen LogP contribution is -2.15. The van der Waals surface area contributed by atoms with E-state index in [1.807, 2.05) is 20.9 Å². The molecule has 0 aromatic carbocycles. The third kappa shape index (κ3) is 3.01. The summed E-state index contributed by atoms with van der Waals surface area (Å²) in [5, 5.41) is 7.20. The average Bonchev–Trinajstić information content (AvgIpc) is 2.70. The molecular weight excluding hydrogens is 308 g/mol. The van der Waals surface area contributed by atoms with Gasteiger partial charge in [0.1, 0.15) is 5.69 Å². The van der Waals surface area contributed by atoms with Crippen molar-refractivity contribution in [3.63, 3.8) is 0 Å². The van der Waals surface area contributed by atoms with Crippen LogP contribution in [0.2, 0.25) is 0 Å². The average molecular weight is 323 g/mol. The number of carbonyl (C=O) groups excluding carboxylic acids is 1. The van der Waals surface area contributed by atoms with Gasteiger partial charge < -0.3 is 5.32 Å². The Morgan fingerprint density at radius 2 is 2.21 bits per heavy atom. The lowest BCUT2D eigenvalue weighted by Gasteiger charge is -2.07. The number of nitrogens with zero attached hydrogens (tertiary/aromatic N) is 3. The number of pyridine rings is 1. The first kappa shape index (κ1) is 13.7. The fourth-order valence-electron chi connectivity index (χ4n) is 1.76. The van der Waals surface area contributed by atoms with Crippen molar-refractivity contribution in [1.82, 2.24) is 14.8 Å². The molecule has 5 nitrogen and oxygen atoms in total. The molecule has 0 fully saturated rings. The van der Waals surface area contributed by atoms with Crippen molar-refractivity contribution >= 4 is 27.5 Å². The van der Waals surface area contributed by atoms with Gasteiger partial charge in [0.15, 0.2) is 0 Å². The number of hydrogen-bond donors (Lipinski definition) is 1. The summed E-state index contributed by atoms with van der Waals surface area (Å²) in [5.41, 5.74) is 1.95. The minimum atomic E-state index is -0.248. The standard InChI is InChI=1S/C13H15BrN4O/c1-8(2)11-10(7-18(3)17-11)16-13(19)12-9(14)5-4-6-15-12/h4-8H,1-3H3,(H,16,19). The van der Waals surface area contributed by atoms with Gasteiger partial charge in [-0.2, -0.15) is 5.10 Å². The summed E-state index contributed by atoms with van der Waals surface area (Å²) >= 11 is 3.32. The molecule has 0 bridgehead atoms. The van der Waals surface area contributed by atoms with Crippen LogP contribution in [0, 0.1) is 0 Å². The Labute approximate surface area is 120 Å². The summed E-state index contributed by atoms with van der Waals surface area (Å²) < 4.78 is 2.36. The monoisotopic (exact) mass is 322 g/mol. The lowest BCUT2D eigenvalue weighted by atomic mass is 10.1. The Kier molecular flexibility index (Phi) is 3.99. The maximum absolute atomic E-state index is 12.2. The van der Waals surface area contributed by atoms with E-state index < -0.39 is 0 Å². The Morgan fingerprint density at radius 1 is 1.47 bits per heavy atom. The van der Waals surface area contributed by atoms with Crippen LogP contribution >= 0.6 is 15.9 Å². The zero-order chi connectivity index (χ0) is 14.0. The predicted molar refractivity (Wildman–Crippen MR) is 77.2 cm³/mol. The molecular formula is C13H15BrN4O. The Bertz CT molecular complexity index is 606. The highest BCUT2D eigenvalue weighted by Gasteiger charge is 2.17. The molecule has 2 heterocycles. The van der Waals surface area contributed by atoms with Gasteiger partial charge in [0.2, 0.25) is 0 Å². The van der Waals surface area contributed by atoms with Crippen LogP contribution in [0.25, 0.3) is 0 Å². The second-order valence-electron chi connectivity index (χ2n) is 4.54. The highest BCUT2D eigenvalue weighted by molar-refractivity contribution is 9.10. The van der Waals surface area contributed by atoms with Gasteiger partial charge in [-0.05, 0) is 34.0 Å². The zero-order valence-electron chi connectivity index (χ0n) is 11.0. The highest BCUT2D eigenvalue weighted by Crippen LogP contribution is 2.23. The molecule has 2 aromatic heterocycles. The third-order valence-corrected chi connectivity index (χ3v) is 3.27. The molecule has 0 aliphatic heterocycles. The number of anilines is 1. The van der Waals surface area contributed by atoms with Crippen molar-refractivity contribution < 1.29 is 4.79 Å². The van der Waals surface area contributed by atoms with E-state index in [9.17, 15) is 4.79 Å². The van der Waals surface area contributed by atoms with Crippen molar-refractivity contribution in [2.75, 3.05) is 5.32 Å². The fraction of sp³-hybridized carbons (Fsp3) is 0.308. The summed E-state index contributed by atoms with van der Waals surface area (Å²) in [6, 6.07) is 3.55. The number of hydrogen-bond acceptors (Lipinski definition) is 3. The van der Waals surface area contributed by atoms with Crippen molar-refractivity contribution in [2.24, 2.45) is 7.05 Å². The number of carbonyl (C=O) groups is 1. The SMILES string of the molecule is CC(C)c1nn(C)cc1NC(=O)c1ncccc1Br. The number of amides is 1. The lowest BCUT2D eigenvalue weighted by molar-refractivity contribution is 0.102. The van der Waals surface area contributed by atoms with Gasteiger partial charge in [-0.1, -0.05) is 13.8 Å². The molecule has 0 aliphatic rings. The first-order chi connectivity index (χ1) is 8.99. The van der Waals surface area contributed by atoms with Crippen LogP contribution in [0.1, 0.15) is 35.9 Å². The maximum Gasteiger partial charge on any atom is 0.275 e. The summed E-state index contributed by atoms with van der Waals surface area (Å²) in [7, 11) is 1.83. The summed E-state index contributed by atoms with van der Waals surface area (Å²) in [4.78, 5) is 16.2. The highest BCUT2D eigenvalue weighted by atomic mass is 79.9. The van der Waals surface area contributed by atoms with E-state index in [4.69, 9.17) is 0 Å². The molecule has 0 unspecified atom stereocenters. The quantitative estimate of drug-likeness (QED) is 0.945. The van der Waals surface area contributed by atoms with Crippen LogP contribution in [-0.4, -0.2) is 20.7 Å². The Morgan fingerprint density at radius 3 is 2.84 bits per heavy atom. The number of halogens is 1. The van der Waals surface area contributed by atoms with Gasteiger partial charge in [0.05, 0.1) is 11.4 Å². The van der Waals surface area contributed by atoms with E-state index in [0.717, 1.165) is 11.4 Å². The molecule has 1 N–H and O–H groups in total. The normalized spacial score (nSPS) is 10.8. The van der Waals surface area contributed by atoms with E-state index in [-0.39, 0.29) is 11.8 Å². The molecule has 0 saturated heterocycles. The second kappa shape index (κ2) is 5.52. The molecule has 1 amide bonds. The van der Waals surface area contributed by atoms with E-state index in [1.54, 1.807) is 29.2 Å². The maximum atomic E-state index is 12.2. The predicted octanol–water partition coefficient (Wildman–Crippen LogP) is 2.95. The number of aryl methyl sites for hydroxylation is 1. The topological polar surface area (TPSA) is 59.8 Å². The number of aromatic nitrogens is 3. The second-order valence-corrected chi connectivity index (χ2v) is 5.40. The van der Waals surface area contributed by atoms with E-state index in [2.05, 4.69) is 31.3 Å². The minimum Gasteiger partial charge on any atom is -0.318 e. The van der Waals surface area contributed by atoms with Gasteiger partial charge in [-0.3, -0.25) is 9.48 Å². The smallest absolute Gasteiger partial charge is 0.275 e. The van der Waals surface area contributed by atoms with Crippen LogP contribution in [0.3, 0.4) is 0 Å². The molecule has 0 radical (unpaired) electrons. The van der Waals surface area contributed by atoms with Crippen LogP contribution in [-0.2, 0) is 7.05 Å². The Hall–Kier alpha value is -1.69. The first-order valence-electron chi connectivity index (χ1n) is 5.94. The van der Waals surface area contributed by atoms with Gasteiger partial charge in [-0.15, -0.1) is 0 Å². The summed E-state index contributed by atoms with van der Waals surface area (Å²) in [5.74, 6) is -0.00829. The zero-order valence-corrected chi connectivity index (χ0v) is 12.6. The first-order valence-corrected chi connectivity index (χ1v) is 6.73. The molecule has 6 heteroatoms. The summed E-state index contributed by atoms with van der Waals surface area (Å²) in [6.45, 7) is 4.07. The Balaban J connectivity index is 2.27.